The Bertz CT molecular complexity index is 1020. The summed E-state index contributed by atoms with van der Waals surface area (Å²) in [4.78, 5) is 24.2. The van der Waals surface area contributed by atoms with Crippen LogP contribution in [0.1, 0.15) is 110 Å². The van der Waals surface area contributed by atoms with Gasteiger partial charge in [0, 0.05) is 24.1 Å². The molecule has 1 radical (unpaired) electrons. The third-order valence-electron chi connectivity index (χ3n) is 7.42. The van der Waals surface area contributed by atoms with Gasteiger partial charge in [0.1, 0.15) is 5.76 Å². The highest BCUT2D eigenvalue weighted by molar-refractivity contribution is 5.91. The van der Waals surface area contributed by atoms with Gasteiger partial charge in [0.2, 0.25) is 0 Å². The summed E-state index contributed by atoms with van der Waals surface area (Å²) in [6.07, 6.45) is 8.19. The maximum absolute atomic E-state index is 13.2. The van der Waals surface area contributed by atoms with Crippen molar-refractivity contribution in [3.63, 3.8) is 0 Å². The monoisotopic (exact) mass is 501 g/mol. The number of hydrogen-bond acceptors (Lipinski definition) is 6. The molecule has 1 aliphatic carbocycles. The van der Waals surface area contributed by atoms with Crippen LogP contribution >= 0.6 is 0 Å². The van der Waals surface area contributed by atoms with E-state index in [1.165, 1.54) is 37.5 Å². The predicted octanol–water partition coefficient (Wildman–Crippen LogP) is 7.15. The number of carbonyl (C=O) groups is 1. The smallest absolute Gasteiger partial charge is 0.343 e. The Balaban J connectivity index is 1.79. The van der Waals surface area contributed by atoms with Crippen LogP contribution in [0.25, 0.3) is 0 Å². The maximum atomic E-state index is 13.2. The second-order valence-electron chi connectivity index (χ2n) is 11.9. The van der Waals surface area contributed by atoms with Gasteiger partial charge in [-0.05, 0) is 57.1 Å². The van der Waals surface area contributed by atoms with Crippen LogP contribution in [-0.4, -0.2) is 33.6 Å². The molecule has 2 aliphatic rings. The largest absolute Gasteiger partial charge is 0.487 e. The van der Waals surface area contributed by atoms with Crippen LogP contribution in [0.5, 0.6) is 5.75 Å². The van der Waals surface area contributed by atoms with Crippen LogP contribution in [0.4, 0.5) is 5.69 Å². The molecule has 8 heteroatoms. The zero-order chi connectivity index (χ0) is 26.7. The van der Waals surface area contributed by atoms with Crippen molar-refractivity contribution in [2.45, 2.75) is 110 Å². The van der Waals surface area contributed by atoms with Gasteiger partial charge in [0.05, 0.1) is 22.6 Å². The van der Waals surface area contributed by atoms with E-state index in [-0.39, 0.29) is 22.4 Å². The predicted molar refractivity (Wildman–Crippen MR) is 137 cm³/mol. The third kappa shape index (κ3) is 6.09. The number of nitro benzene ring substituents is 1. The zero-order valence-corrected chi connectivity index (χ0v) is 22.6. The Morgan fingerprint density at radius 1 is 1.06 bits per heavy atom. The molecular weight excluding hydrogens is 460 g/mol. The van der Waals surface area contributed by atoms with E-state index < -0.39 is 22.0 Å². The third-order valence-corrected chi connectivity index (χ3v) is 7.42. The van der Waals surface area contributed by atoms with Gasteiger partial charge in [0.15, 0.2) is 5.75 Å². The molecule has 1 saturated heterocycles. The minimum atomic E-state index is -0.734. The van der Waals surface area contributed by atoms with Crippen molar-refractivity contribution >= 4 is 11.7 Å². The van der Waals surface area contributed by atoms with Crippen molar-refractivity contribution in [2.75, 3.05) is 6.61 Å². The van der Waals surface area contributed by atoms with Crippen LogP contribution in [0.2, 0.25) is 0 Å². The maximum Gasteiger partial charge on any atom is 0.343 e. The number of allylic oxidation sites excluding steroid dienone is 1. The van der Waals surface area contributed by atoms with E-state index in [1.807, 2.05) is 20.8 Å². The molecule has 3 rings (SSSR count). The number of hydroxylamine groups is 2. The normalized spacial score (nSPS) is 22.9. The number of carbonyl (C=O) groups excluding carboxylic acids is 1. The highest BCUT2D eigenvalue weighted by Gasteiger charge is 2.57. The van der Waals surface area contributed by atoms with Gasteiger partial charge in [-0.2, -0.15) is 0 Å². The van der Waals surface area contributed by atoms with Crippen molar-refractivity contribution in [3.05, 3.63) is 45.2 Å². The molecule has 1 aromatic rings. The first kappa shape index (κ1) is 28.1. The summed E-state index contributed by atoms with van der Waals surface area (Å²) in [5.74, 6) is 0.0132. The van der Waals surface area contributed by atoms with E-state index in [4.69, 9.17) is 9.47 Å². The lowest BCUT2D eigenvalue weighted by Crippen LogP contribution is -2.50. The molecule has 1 heterocycles. The van der Waals surface area contributed by atoms with Crippen LogP contribution in [0.3, 0.4) is 0 Å². The quantitative estimate of drug-likeness (QED) is 0.138. The van der Waals surface area contributed by atoms with E-state index in [2.05, 4.69) is 20.8 Å². The summed E-state index contributed by atoms with van der Waals surface area (Å²) in [6.45, 7) is 12.4. The fourth-order valence-corrected chi connectivity index (χ4v) is 5.84. The topological polar surface area (TPSA) is 102 Å². The summed E-state index contributed by atoms with van der Waals surface area (Å²) in [6, 6.07) is 4.08. The van der Waals surface area contributed by atoms with E-state index in [0.717, 1.165) is 29.9 Å². The minimum Gasteiger partial charge on any atom is -0.487 e. The Morgan fingerprint density at radius 2 is 1.72 bits per heavy atom. The van der Waals surface area contributed by atoms with Crippen molar-refractivity contribution in [2.24, 2.45) is 5.41 Å². The van der Waals surface area contributed by atoms with Gasteiger partial charge in [-0.3, -0.25) is 10.1 Å². The lowest BCUT2D eigenvalue weighted by atomic mass is 9.68. The van der Waals surface area contributed by atoms with Gasteiger partial charge in [0.25, 0.3) is 0 Å². The number of fused-ring (bicyclic) bond motifs is 1. The van der Waals surface area contributed by atoms with E-state index in [0.29, 0.717) is 31.6 Å². The zero-order valence-electron chi connectivity index (χ0n) is 22.6. The Morgan fingerprint density at radius 3 is 2.39 bits per heavy atom. The first-order valence-electron chi connectivity index (χ1n) is 13.1. The average molecular weight is 502 g/mol. The highest BCUT2D eigenvalue weighted by Crippen LogP contribution is 2.55. The molecule has 0 saturated carbocycles. The number of esters is 1. The summed E-state index contributed by atoms with van der Waals surface area (Å²) in [7, 11) is 0. The number of rotatable bonds is 11. The summed E-state index contributed by atoms with van der Waals surface area (Å²) in [5.41, 5.74) is -0.665. The van der Waals surface area contributed by atoms with Crippen molar-refractivity contribution < 1.29 is 24.4 Å². The number of unbranched alkanes of at least 4 members (excludes halogenated alkanes) is 5. The van der Waals surface area contributed by atoms with Crippen LogP contribution in [0.15, 0.2) is 29.5 Å². The highest BCUT2D eigenvalue weighted by atomic mass is 16.6. The molecule has 0 bridgehead atoms. The Labute approximate surface area is 214 Å². The molecule has 0 aromatic heterocycles. The number of nitro groups is 1. The number of benzene rings is 1. The molecule has 199 valence electrons. The SMILES string of the molecule is CCCCCCCCOc1cc(C(=O)OC2=C3CC(C)(C)N([O])[C@]3(C)CC(C)(C)C2)ccc1[N+](=O)[O-]. The van der Waals surface area contributed by atoms with Crippen LogP contribution in [-0.2, 0) is 9.94 Å². The summed E-state index contributed by atoms with van der Waals surface area (Å²) >= 11 is 0. The van der Waals surface area contributed by atoms with Crippen molar-refractivity contribution in [3.8, 4) is 5.75 Å². The Kier molecular flexibility index (Phi) is 8.51. The standard InChI is InChI=1S/C28H41N2O6/c1-7-8-9-10-11-12-15-35-23-16-20(13-14-22(23)29(32)33)25(31)36-24-18-26(2,3)19-28(6)21(24)17-27(4,5)30(28)34/h13-14,16H,7-12,15,17-19H2,1-6H3/t28-/m1/s1. The van der Waals surface area contributed by atoms with E-state index in [1.54, 1.807) is 0 Å². The molecule has 0 spiro atoms. The first-order chi connectivity index (χ1) is 16.8. The van der Waals surface area contributed by atoms with Gasteiger partial charge < -0.3 is 9.47 Å². The van der Waals surface area contributed by atoms with E-state index in [9.17, 15) is 20.1 Å². The molecule has 1 aliphatic heterocycles. The summed E-state index contributed by atoms with van der Waals surface area (Å²) < 4.78 is 11.7. The first-order valence-corrected chi connectivity index (χ1v) is 13.1. The minimum absolute atomic E-state index is 0.0715. The molecule has 8 nitrogen and oxygen atoms in total. The average Bonchev–Trinajstić information content (AvgIpc) is 2.97. The molecule has 1 fully saturated rings. The van der Waals surface area contributed by atoms with Gasteiger partial charge in [-0.25, -0.2) is 4.79 Å². The number of hydrogen-bond donors (Lipinski definition) is 0. The van der Waals surface area contributed by atoms with Crippen LogP contribution < -0.4 is 4.74 Å². The lowest BCUT2D eigenvalue weighted by molar-refractivity contribution is -0.385. The van der Waals surface area contributed by atoms with Gasteiger partial charge in [-0.15, -0.1) is 10.3 Å². The number of nitrogens with zero attached hydrogens (tertiary/aromatic N) is 2. The molecule has 1 aromatic carbocycles. The molecule has 0 unspecified atom stereocenters. The molecule has 1 atom stereocenters. The van der Waals surface area contributed by atoms with Crippen molar-refractivity contribution in [1.82, 2.24) is 5.06 Å². The van der Waals surface area contributed by atoms with E-state index >= 15 is 0 Å². The molecule has 36 heavy (non-hydrogen) atoms. The van der Waals surface area contributed by atoms with Gasteiger partial charge in [-0.1, -0.05) is 52.9 Å². The Hall–Kier alpha value is -2.45. The van der Waals surface area contributed by atoms with Crippen LogP contribution in [0, 0.1) is 15.5 Å². The fraction of sp³-hybridized carbons (Fsp3) is 0.679. The molecule has 0 amide bonds. The number of ether oxygens (including phenoxy) is 2. The summed E-state index contributed by atoms with van der Waals surface area (Å²) in [5, 5.41) is 25.9. The lowest BCUT2D eigenvalue weighted by Gasteiger charge is -2.44. The molecule has 0 N–H and O–H groups in total. The fourth-order valence-electron chi connectivity index (χ4n) is 5.84. The van der Waals surface area contributed by atoms with Crippen molar-refractivity contribution in [1.29, 1.82) is 0 Å². The van der Waals surface area contributed by atoms with Gasteiger partial charge >= 0.3 is 11.7 Å². The molecular formula is C28H41N2O6. The second kappa shape index (κ2) is 10.9. The second-order valence-corrected chi connectivity index (χ2v) is 11.9.